The number of ether oxygens (including phenoxy) is 1. The Kier molecular flexibility index (Phi) is 6.17. The van der Waals surface area contributed by atoms with Crippen molar-refractivity contribution in [3.05, 3.63) is 35.9 Å². The van der Waals surface area contributed by atoms with Crippen LogP contribution in [0.4, 0.5) is 0 Å². The number of para-hydroxylation sites is 1. The number of hydrogen-bond donors (Lipinski definition) is 2. The van der Waals surface area contributed by atoms with Crippen molar-refractivity contribution < 1.29 is 14.3 Å². The molecule has 0 saturated carbocycles. The molecule has 1 aliphatic rings. The van der Waals surface area contributed by atoms with Crippen LogP contribution in [0.2, 0.25) is 0 Å². The molecule has 6 heteroatoms. The van der Waals surface area contributed by atoms with E-state index < -0.39 is 6.04 Å². The average Bonchev–Trinajstić information content (AvgIpc) is 2.58. The smallest absolute Gasteiger partial charge is 0.237 e. The first kappa shape index (κ1) is 17.0. The second-order valence-electron chi connectivity index (χ2n) is 5.32. The van der Waals surface area contributed by atoms with Gasteiger partial charge in [-0.2, -0.15) is 0 Å². The van der Waals surface area contributed by atoms with Crippen molar-refractivity contribution in [3.63, 3.8) is 0 Å². The van der Waals surface area contributed by atoms with Gasteiger partial charge in [0, 0.05) is 32.2 Å². The highest BCUT2D eigenvalue weighted by molar-refractivity contribution is 5.88. The Balaban J connectivity index is 2.03. The van der Waals surface area contributed by atoms with Crippen LogP contribution in [0.1, 0.15) is 12.0 Å². The van der Waals surface area contributed by atoms with E-state index in [2.05, 4.69) is 10.6 Å². The molecule has 2 rings (SSSR count). The van der Waals surface area contributed by atoms with Crippen molar-refractivity contribution >= 4 is 17.9 Å². The Bertz CT molecular complexity index is 586. The van der Waals surface area contributed by atoms with E-state index in [0.29, 0.717) is 13.1 Å². The summed E-state index contributed by atoms with van der Waals surface area (Å²) < 4.78 is 5.31. The van der Waals surface area contributed by atoms with E-state index in [1.165, 1.54) is 0 Å². The minimum Gasteiger partial charge on any atom is -0.496 e. The van der Waals surface area contributed by atoms with Gasteiger partial charge in [-0.25, -0.2) is 0 Å². The fourth-order valence-electron chi connectivity index (χ4n) is 2.60. The summed E-state index contributed by atoms with van der Waals surface area (Å²) in [5.41, 5.74) is 0.985. The lowest BCUT2D eigenvalue weighted by Gasteiger charge is -2.33. The van der Waals surface area contributed by atoms with Crippen LogP contribution in [0, 0.1) is 0 Å². The molecule has 0 radical (unpaired) electrons. The van der Waals surface area contributed by atoms with Crippen LogP contribution in [0.25, 0.3) is 6.08 Å². The first-order valence-corrected chi connectivity index (χ1v) is 7.67. The maximum atomic E-state index is 12.0. The van der Waals surface area contributed by atoms with Crippen molar-refractivity contribution in [1.82, 2.24) is 15.5 Å². The van der Waals surface area contributed by atoms with Crippen molar-refractivity contribution in [2.24, 2.45) is 0 Å². The molecule has 23 heavy (non-hydrogen) atoms. The van der Waals surface area contributed by atoms with E-state index in [9.17, 15) is 9.59 Å². The summed E-state index contributed by atoms with van der Waals surface area (Å²) in [6.45, 7) is 1.93. The summed E-state index contributed by atoms with van der Waals surface area (Å²) in [7, 11) is 3.22. The van der Waals surface area contributed by atoms with Crippen LogP contribution in [0.15, 0.2) is 30.3 Å². The molecule has 2 amide bonds. The summed E-state index contributed by atoms with van der Waals surface area (Å²) in [6, 6.07) is 7.32. The van der Waals surface area contributed by atoms with E-state index in [-0.39, 0.29) is 18.2 Å². The lowest BCUT2D eigenvalue weighted by Crippen LogP contribution is -2.56. The van der Waals surface area contributed by atoms with E-state index in [1.807, 2.05) is 41.3 Å². The zero-order valence-electron chi connectivity index (χ0n) is 13.5. The topological polar surface area (TPSA) is 70.7 Å². The maximum absolute atomic E-state index is 12.0. The molecule has 1 saturated heterocycles. The predicted molar refractivity (Wildman–Crippen MR) is 89.1 cm³/mol. The van der Waals surface area contributed by atoms with Crippen LogP contribution in [-0.2, 0) is 9.59 Å². The van der Waals surface area contributed by atoms with Gasteiger partial charge in [-0.3, -0.25) is 14.5 Å². The van der Waals surface area contributed by atoms with Crippen molar-refractivity contribution in [3.8, 4) is 5.75 Å². The molecule has 1 aromatic rings. The summed E-state index contributed by atoms with van der Waals surface area (Å²) in [5.74, 6) is 0.582. The lowest BCUT2D eigenvalue weighted by atomic mass is 10.1. The van der Waals surface area contributed by atoms with Crippen molar-refractivity contribution in [1.29, 1.82) is 0 Å². The van der Waals surface area contributed by atoms with Crippen LogP contribution < -0.4 is 15.4 Å². The second-order valence-corrected chi connectivity index (χ2v) is 5.32. The van der Waals surface area contributed by atoms with Gasteiger partial charge in [-0.1, -0.05) is 30.4 Å². The third kappa shape index (κ3) is 4.56. The SMILES string of the molecule is CNC(=O)C[C@@H]1C(=O)NCCN1C/C=C/c1ccccc1OC. The lowest BCUT2D eigenvalue weighted by molar-refractivity contribution is -0.133. The highest BCUT2D eigenvalue weighted by Crippen LogP contribution is 2.19. The van der Waals surface area contributed by atoms with Gasteiger partial charge in [0.1, 0.15) is 5.75 Å². The first-order chi connectivity index (χ1) is 11.2. The summed E-state index contributed by atoms with van der Waals surface area (Å²) in [6.07, 6.45) is 4.14. The number of carbonyl (C=O) groups is 2. The number of carbonyl (C=O) groups excluding carboxylic acids is 2. The Labute approximate surface area is 136 Å². The standard InChI is InChI=1S/C17H23N3O3/c1-18-16(21)12-14-17(22)19-9-11-20(14)10-5-7-13-6-3-4-8-15(13)23-2/h3-8,14H,9-12H2,1-2H3,(H,18,21)(H,19,22)/b7-5+/t14-/m1/s1. The fraction of sp³-hybridized carbons (Fsp3) is 0.412. The average molecular weight is 317 g/mol. The molecule has 1 fully saturated rings. The fourth-order valence-corrected chi connectivity index (χ4v) is 2.60. The molecule has 0 unspecified atom stereocenters. The Morgan fingerprint density at radius 1 is 1.48 bits per heavy atom. The number of hydrogen-bond acceptors (Lipinski definition) is 4. The number of nitrogens with one attached hydrogen (secondary N) is 2. The minimum atomic E-state index is -0.425. The van der Waals surface area contributed by atoms with Gasteiger partial charge in [0.15, 0.2) is 0 Å². The number of amides is 2. The zero-order valence-corrected chi connectivity index (χ0v) is 13.5. The van der Waals surface area contributed by atoms with Gasteiger partial charge in [0.2, 0.25) is 11.8 Å². The second kappa shape index (κ2) is 8.33. The van der Waals surface area contributed by atoms with Gasteiger partial charge >= 0.3 is 0 Å². The number of methoxy groups -OCH3 is 1. The van der Waals surface area contributed by atoms with Crippen molar-refractivity contribution in [2.75, 3.05) is 33.8 Å². The molecule has 1 aromatic carbocycles. The molecule has 0 aromatic heterocycles. The number of nitrogens with zero attached hydrogens (tertiary/aromatic N) is 1. The van der Waals surface area contributed by atoms with Gasteiger partial charge < -0.3 is 15.4 Å². The highest BCUT2D eigenvalue weighted by Gasteiger charge is 2.30. The van der Waals surface area contributed by atoms with Crippen molar-refractivity contribution in [2.45, 2.75) is 12.5 Å². The van der Waals surface area contributed by atoms with Gasteiger partial charge in [0.25, 0.3) is 0 Å². The third-order valence-corrected chi connectivity index (χ3v) is 3.88. The summed E-state index contributed by atoms with van der Waals surface area (Å²) >= 11 is 0. The molecule has 6 nitrogen and oxygen atoms in total. The predicted octanol–water partition coefficient (Wildman–Crippen LogP) is 0.645. The minimum absolute atomic E-state index is 0.0921. The summed E-state index contributed by atoms with van der Waals surface area (Å²) in [5, 5.41) is 5.38. The molecule has 2 N–H and O–H groups in total. The first-order valence-electron chi connectivity index (χ1n) is 7.67. The molecule has 1 aliphatic heterocycles. The molecular weight excluding hydrogens is 294 g/mol. The number of benzene rings is 1. The van der Waals surface area contributed by atoms with Gasteiger partial charge in [-0.15, -0.1) is 0 Å². The molecule has 124 valence electrons. The van der Waals surface area contributed by atoms with E-state index in [0.717, 1.165) is 17.9 Å². The number of piperazine rings is 1. The Morgan fingerprint density at radius 2 is 2.26 bits per heavy atom. The van der Waals surface area contributed by atoms with Crippen LogP contribution >= 0.6 is 0 Å². The van der Waals surface area contributed by atoms with Crippen LogP contribution in [0.3, 0.4) is 0 Å². The summed E-state index contributed by atoms with van der Waals surface area (Å²) in [4.78, 5) is 25.6. The molecule has 0 spiro atoms. The third-order valence-electron chi connectivity index (χ3n) is 3.88. The van der Waals surface area contributed by atoms with Gasteiger partial charge in [-0.05, 0) is 6.07 Å². The van der Waals surface area contributed by atoms with Crippen LogP contribution in [-0.4, -0.2) is 56.5 Å². The Morgan fingerprint density at radius 3 is 3.00 bits per heavy atom. The van der Waals surface area contributed by atoms with E-state index in [4.69, 9.17) is 4.74 Å². The molecular formula is C17H23N3O3. The largest absolute Gasteiger partial charge is 0.496 e. The molecule has 1 heterocycles. The van der Waals surface area contributed by atoms with E-state index in [1.54, 1.807) is 14.2 Å². The Hall–Kier alpha value is -2.34. The molecule has 0 bridgehead atoms. The molecule has 1 atom stereocenters. The normalized spacial score (nSPS) is 18.7. The molecule has 0 aliphatic carbocycles. The monoisotopic (exact) mass is 317 g/mol. The zero-order chi connectivity index (χ0) is 16.7. The maximum Gasteiger partial charge on any atom is 0.237 e. The van der Waals surface area contributed by atoms with Gasteiger partial charge in [0.05, 0.1) is 19.6 Å². The van der Waals surface area contributed by atoms with Crippen LogP contribution in [0.5, 0.6) is 5.75 Å². The quantitative estimate of drug-likeness (QED) is 0.808. The van der Waals surface area contributed by atoms with E-state index >= 15 is 0 Å². The highest BCUT2D eigenvalue weighted by atomic mass is 16.5. The number of rotatable bonds is 6.